The molecular formula is C41H53ClN6O6. The number of fused-ring (bicyclic) bond motifs is 1. The van der Waals surface area contributed by atoms with Crippen LogP contribution in [0.25, 0.3) is 10.9 Å². The van der Waals surface area contributed by atoms with Gasteiger partial charge in [0, 0.05) is 56.4 Å². The molecule has 0 saturated carbocycles. The molecule has 3 N–H and O–H groups in total. The lowest BCUT2D eigenvalue weighted by atomic mass is 10.0. The quantitative estimate of drug-likeness (QED) is 0.0801. The van der Waals surface area contributed by atoms with Crippen LogP contribution in [0.5, 0.6) is 5.75 Å². The number of carbonyl (C=O) groups excluding carboxylic acids is 3. The number of amides is 4. The highest BCUT2D eigenvalue weighted by Crippen LogP contribution is 2.24. The van der Waals surface area contributed by atoms with E-state index >= 15 is 0 Å². The fraction of sp³-hybridized carbons (Fsp3) is 0.415. The van der Waals surface area contributed by atoms with Crippen molar-refractivity contribution in [2.24, 2.45) is 0 Å². The zero-order valence-electron chi connectivity index (χ0n) is 32.2. The molecule has 13 heteroatoms. The fourth-order valence-corrected chi connectivity index (χ4v) is 6.00. The fourth-order valence-electron chi connectivity index (χ4n) is 5.88. The highest BCUT2D eigenvalue weighted by Gasteiger charge is 2.34. The van der Waals surface area contributed by atoms with Crippen LogP contribution >= 0.6 is 11.6 Å². The number of hydrogen-bond donors (Lipinski definition) is 3. The zero-order valence-corrected chi connectivity index (χ0v) is 33.0. The lowest BCUT2D eigenvalue weighted by Crippen LogP contribution is -2.56. The van der Waals surface area contributed by atoms with Crippen LogP contribution in [0.15, 0.2) is 85.1 Å². The first kappa shape index (κ1) is 42.0. The summed E-state index contributed by atoms with van der Waals surface area (Å²) in [6.45, 7) is 12.5. The van der Waals surface area contributed by atoms with E-state index in [1.807, 2.05) is 108 Å². The normalized spacial score (nSPS) is 12.7. The van der Waals surface area contributed by atoms with Gasteiger partial charge in [-0.15, -0.1) is 0 Å². The summed E-state index contributed by atoms with van der Waals surface area (Å²) in [6, 6.07) is 22.3. The minimum absolute atomic E-state index is 0.185. The number of nitrogens with one attached hydrogen (secondary N) is 3. The molecule has 1 heterocycles. The van der Waals surface area contributed by atoms with Crippen molar-refractivity contribution < 1.29 is 28.6 Å². The van der Waals surface area contributed by atoms with Crippen LogP contribution in [-0.4, -0.2) is 83.5 Å². The van der Waals surface area contributed by atoms with Crippen molar-refractivity contribution >= 4 is 40.3 Å². The van der Waals surface area contributed by atoms with Crippen molar-refractivity contribution in [3.8, 4) is 5.75 Å². The summed E-state index contributed by atoms with van der Waals surface area (Å²) in [5.74, 6) is -0.109. The molecular weight excluding hydrogens is 708 g/mol. The Labute approximate surface area is 323 Å². The number of para-hydroxylation sites is 1. The Kier molecular flexibility index (Phi) is 15.6. The lowest BCUT2D eigenvalue weighted by molar-refractivity contribution is -0.179. The number of aromatic nitrogens is 1. The van der Waals surface area contributed by atoms with Crippen LogP contribution in [0.3, 0.4) is 0 Å². The summed E-state index contributed by atoms with van der Waals surface area (Å²) in [6.07, 6.45) is 1.19. The predicted molar refractivity (Wildman–Crippen MR) is 211 cm³/mol. The highest BCUT2D eigenvalue weighted by molar-refractivity contribution is 6.30. The third-order valence-corrected chi connectivity index (χ3v) is 8.60. The molecule has 2 atom stereocenters. The molecule has 3 aromatic carbocycles. The van der Waals surface area contributed by atoms with Gasteiger partial charge in [0.15, 0.2) is 6.29 Å². The van der Waals surface area contributed by atoms with Crippen LogP contribution in [0.4, 0.5) is 4.79 Å². The standard InChI is InChI=1S/C41H53ClN6O6/c1-8-52-39(53-9-2)28(3)48(26-32-13-10-12-31-14-11-23-43-37(31)32)38(50)35(24-29-17-21-34(22-18-29)54-41(4,5)6)45-36(49)27-47(7)46-40(51)44-25-30-15-19-33(42)20-16-30/h10-23,28,35,39H,8-9,24-27H2,1-7H3,(H,45,49)(H2,44,46,51). The van der Waals surface area contributed by atoms with Gasteiger partial charge in [0.05, 0.1) is 18.1 Å². The molecule has 0 aliphatic rings. The smallest absolute Gasteiger partial charge is 0.329 e. The zero-order chi connectivity index (χ0) is 39.3. The second-order valence-electron chi connectivity index (χ2n) is 13.9. The van der Waals surface area contributed by atoms with Gasteiger partial charge >= 0.3 is 6.03 Å². The average Bonchev–Trinajstić information content (AvgIpc) is 3.13. The van der Waals surface area contributed by atoms with Crippen LogP contribution in [0.2, 0.25) is 5.02 Å². The van der Waals surface area contributed by atoms with Gasteiger partial charge in [-0.2, -0.15) is 0 Å². The van der Waals surface area contributed by atoms with Crippen molar-refractivity contribution in [3.63, 3.8) is 0 Å². The Hall–Kier alpha value is -4.75. The summed E-state index contributed by atoms with van der Waals surface area (Å²) < 4.78 is 18.0. The number of halogens is 1. The number of likely N-dealkylation sites (N-methyl/N-ethyl adjacent to an activating group) is 1. The average molecular weight is 761 g/mol. The van der Waals surface area contributed by atoms with Crippen molar-refractivity contribution in [1.82, 2.24) is 31.0 Å². The molecule has 4 aromatic rings. The number of urea groups is 1. The number of hydrogen-bond acceptors (Lipinski definition) is 8. The Morgan fingerprint density at radius 1 is 0.889 bits per heavy atom. The molecule has 0 aliphatic carbocycles. The van der Waals surface area contributed by atoms with Crippen LogP contribution in [-0.2, 0) is 38.6 Å². The van der Waals surface area contributed by atoms with E-state index in [2.05, 4.69) is 21.0 Å². The van der Waals surface area contributed by atoms with E-state index in [1.54, 1.807) is 30.3 Å². The maximum Gasteiger partial charge on any atom is 0.329 e. The van der Waals surface area contributed by atoms with E-state index < -0.39 is 30.3 Å². The third-order valence-electron chi connectivity index (χ3n) is 8.35. The van der Waals surface area contributed by atoms with Gasteiger partial charge in [0.1, 0.15) is 17.4 Å². The molecule has 54 heavy (non-hydrogen) atoms. The molecule has 12 nitrogen and oxygen atoms in total. The number of pyridine rings is 1. The Morgan fingerprint density at radius 2 is 1.54 bits per heavy atom. The summed E-state index contributed by atoms with van der Waals surface area (Å²) in [5.41, 5.74) is 5.55. The van der Waals surface area contributed by atoms with Crippen LogP contribution < -0.4 is 20.8 Å². The SMILES string of the molecule is CCOC(OCC)C(C)N(Cc1cccc2cccnc12)C(=O)C(Cc1ccc(OC(C)(C)C)cc1)NC(=O)CN(C)NC(=O)NCc1ccc(Cl)cc1. The number of hydrazine groups is 1. The Bertz CT molecular complexity index is 1810. The lowest BCUT2D eigenvalue weighted by Gasteiger charge is -2.37. The number of ether oxygens (including phenoxy) is 3. The van der Waals surface area contributed by atoms with Gasteiger partial charge in [-0.1, -0.05) is 60.1 Å². The summed E-state index contributed by atoms with van der Waals surface area (Å²) >= 11 is 5.96. The van der Waals surface area contributed by atoms with Crippen molar-refractivity contribution in [2.75, 3.05) is 26.8 Å². The second kappa shape index (κ2) is 20.1. The topological polar surface area (TPSA) is 134 Å². The van der Waals surface area contributed by atoms with Crippen LogP contribution in [0.1, 0.15) is 58.2 Å². The monoisotopic (exact) mass is 760 g/mol. The van der Waals surface area contributed by atoms with Gasteiger partial charge in [-0.05, 0) is 88.6 Å². The Morgan fingerprint density at radius 3 is 2.19 bits per heavy atom. The van der Waals surface area contributed by atoms with E-state index in [1.165, 1.54) is 5.01 Å². The molecule has 0 fully saturated rings. The molecule has 0 aliphatic heterocycles. The van der Waals surface area contributed by atoms with Gasteiger partial charge < -0.3 is 29.7 Å². The maximum atomic E-state index is 14.9. The minimum atomic E-state index is -0.992. The molecule has 1 aromatic heterocycles. The van der Waals surface area contributed by atoms with E-state index in [9.17, 15) is 14.4 Å². The molecule has 0 radical (unpaired) electrons. The van der Waals surface area contributed by atoms with Crippen molar-refractivity contribution in [1.29, 1.82) is 0 Å². The molecule has 0 saturated heterocycles. The molecule has 2 unspecified atom stereocenters. The summed E-state index contributed by atoms with van der Waals surface area (Å²) in [7, 11) is 1.57. The van der Waals surface area contributed by atoms with E-state index in [0.717, 1.165) is 27.6 Å². The number of rotatable bonds is 18. The van der Waals surface area contributed by atoms with Gasteiger partial charge in [-0.25, -0.2) is 9.80 Å². The van der Waals surface area contributed by atoms with Crippen LogP contribution in [0, 0.1) is 0 Å². The second-order valence-corrected chi connectivity index (χ2v) is 14.4. The molecule has 0 bridgehead atoms. The number of benzene rings is 3. The predicted octanol–water partition coefficient (Wildman–Crippen LogP) is 6.26. The van der Waals surface area contributed by atoms with Gasteiger partial charge in [-0.3, -0.25) is 20.0 Å². The highest BCUT2D eigenvalue weighted by atomic mass is 35.5. The van der Waals surface area contributed by atoms with Gasteiger partial charge in [0.25, 0.3) is 0 Å². The first-order valence-corrected chi connectivity index (χ1v) is 18.6. The molecule has 4 rings (SSSR count). The van der Waals surface area contributed by atoms with E-state index in [-0.39, 0.29) is 37.6 Å². The van der Waals surface area contributed by atoms with Crippen molar-refractivity contribution in [2.45, 2.75) is 85.0 Å². The first-order chi connectivity index (χ1) is 25.8. The number of carbonyl (C=O) groups is 3. The molecule has 0 spiro atoms. The summed E-state index contributed by atoms with van der Waals surface area (Å²) in [4.78, 5) is 47.5. The van der Waals surface area contributed by atoms with Crippen molar-refractivity contribution in [3.05, 3.63) is 107 Å². The molecule has 4 amide bonds. The van der Waals surface area contributed by atoms with Gasteiger partial charge in [0.2, 0.25) is 11.8 Å². The number of nitrogens with zero attached hydrogens (tertiary/aromatic N) is 3. The van der Waals surface area contributed by atoms with E-state index in [4.69, 9.17) is 25.8 Å². The third kappa shape index (κ3) is 13.0. The maximum absolute atomic E-state index is 14.9. The largest absolute Gasteiger partial charge is 0.488 e. The summed E-state index contributed by atoms with van der Waals surface area (Å²) in [5, 5.41) is 8.62. The van der Waals surface area contributed by atoms with E-state index in [0.29, 0.717) is 24.0 Å². The first-order valence-electron chi connectivity index (χ1n) is 18.2. The minimum Gasteiger partial charge on any atom is -0.488 e. The molecule has 290 valence electrons. The Balaban J connectivity index is 1.59.